The summed E-state index contributed by atoms with van der Waals surface area (Å²) >= 11 is 11.9. The van der Waals surface area contributed by atoms with E-state index in [2.05, 4.69) is 12.7 Å². The monoisotopic (exact) mass is 307 g/mol. The first-order valence-corrected chi connectivity index (χ1v) is 6.95. The number of aryl methyl sites for hydroxylation is 1. The Morgan fingerprint density at radius 2 is 1.79 bits per heavy atom. The van der Waals surface area contributed by atoms with Gasteiger partial charge >= 0.3 is 0 Å². The normalized spacial score (nSPS) is 8.68. The number of amides is 1. The zero-order valence-electron chi connectivity index (χ0n) is 11.5. The Morgan fingerprint density at radius 3 is 2.26 bits per heavy atom. The van der Waals surface area contributed by atoms with Crippen molar-refractivity contribution in [3.8, 4) is 0 Å². The minimum absolute atomic E-state index is 0.250. The Balaban J connectivity index is 0. The fraction of sp³-hybridized carbons (Fsp3) is 0.500. The molecule has 3 N–H and O–H groups in total. The lowest BCUT2D eigenvalue weighted by atomic mass is 10.1. The van der Waals surface area contributed by atoms with Gasteiger partial charge in [-0.25, -0.2) is 0 Å². The van der Waals surface area contributed by atoms with Crippen LogP contribution in [0.15, 0.2) is 18.2 Å². The summed E-state index contributed by atoms with van der Waals surface area (Å²) in [5.74, 6) is 0. The van der Waals surface area contributed by atoms with Gasteiger partial charge in [0.05, 0.1) is 0 Å². The van der Waals surface area contributed by atoms with Crippen molar-refractivity contribution >= 4 is 29.6 Å². The molecule has 3 nitrogen and oxygen atoms in total. The molecule has 0 aliphatic rings. The Labute approximate surface area is 125 Å². The molecule has 0 aliphatic carbocycles. The molecule has 110 valence electrons. The average molecular weight is 308 g/mol. The summed E-state index contributed by atoms with van der Waals surface area (Å²) in [5.41, 5.74) is 5.38. The topological polar surface area (TPSA) is 63.3 Å². The molecule has 0 aromatic heterocycles. The third-order valence-electron chi connectivity index (χ3n) is 2.31. The second-order valence-corrected chi connectivity index (χ2v) is 4.53. The van der Waals surface area contributed by atoms with Gasteiger partial charge in [0, 0.05) is 17.2 Å². The van der Waals surface area contributed by atoms with E-state index in [4.69, 9.17) is 33.1 Å². The molecule has 0 atom stereocenters. The minimum atomic E-state index is 0.250. The molecule has 5 heteroatoms. The van der Waals surface area contributed by atoms with Crippen LogP contribution >= 0.6 is 23.2 Å². The average Bonchev–Trinajstić information content (AvgIpc) is 2.40. The van der Waals surface area contributed by atoms with E-state index in [0.29, 0.717) is 5.02 Å². The maximum atomic E-state index is 8.58. The molecule has 0 bridgehead atoms. The van der Waals surface area contributed by atoms with Crippen molar-refractivity contribution in [2.24, 2.45) is 5.73 Å². The Kier molecular flexibility index (Phi) is 16.5. The second-order valence-electron chi connectivity index (χ2n) is 3.68. The van der Waals surface area contributed by atoms with Crippen molar-refractivity contribution in [3.05, 3.63) is 33.8 Å². The highest BCUT2D eigenvalue weighted by Gasteiger charge is 2.00. The molecule has 0 radical (unpaired) electrons. The van der Waals surface area contributed by atoms with Gasteiger partial charge in [-0.3, -0.25) is 4.79 Å². The summed E-state index contributed by atoms with van der Waals surface area (Å²) in [6, 6.07) is 5.75. The van der Waals surface area contributed by atoms with Gasteiger partial charge < -0.3 is 10.8 Å². The van der Waals surface area contributed by atoms with Crippen molar-refractivity contribution in [3.63, 3.8) is 0 Å². The SMILES string of the molecule is CCCCCCc1ccc(Cl)cc1Cl.CO.NC=O. The molecule has 0 spiro atoms. The first kappa shape index (κ1) is 20.5. The maximum Gasteiger partial charge on any atom is 0.204 e. The molecule has 0 unspecified atom stereocenters. The van der Waals surface area contributed by atoms with Crippen LogP contribution in [0.1, 0.15) is 38.2 Å². The number of nitrogens with two attached hydrogens (primary N) is 1. The number of primary amides is 1. The number of hydrogen-bond donors (Lipinski definition) is 2. The quantitative estimate of drug-likeness (QED) is 0.641. The fourth-order valence-electron chi connectivity index (χ4n) is 1.47. The molecule has 0 saturated heterocycles. The van der Waals surface area contributed by atoms with Crippen LogP contribution in [0.2, 0.25) is 10.0 Å². The summed E-state index contributed by atoms with van der Waals surface area (Å²) in [4.78, 5) is 8.58. The van der Waals surface area contributed by atoms with E-state index in [9.17, 15) is 0 Å². The Morgan fingerprint density at radius 1 is 1.21 bits per heavy atom. The highest BCUT2D eigenvalue weighted by molar-refractivity contribution is 6.35. The molecule has 1 rings (SSSR count). The van der Waals surface area contributed by atoms with Crippen molar-refractivity contribution in [2.75, 3.05) is 7.11 Å². The van der Waals surface area contributed by atoms with E-state index in [0.717, 1.165) is 18.6 Å². The molecule has 0 saturated carbocycles. The number of aliphatic hydroxyl groups excluding tert-OH is 1. The molecule has 0 fully saturated rings. The van der Waals surface area contributed by atoms with Crippen molar-refractivity contribution in [1.29, 1.82) is 0 Å². The number of carbonyl (C=O) groups excluding carboxylic acids is 1. The molecule has 1 aromatic carbocycles. The highest BCUT2D eigenvalue weighted by atomic mass is 35.5. The van der Waals surface area contributed by atoms with Crippen LogP contribution in [0.4, 0.5) is 0 Å². The van der Waals surface area contributed by atoms with Gasteiger partial charge in [-0.15, -0.1) is 0 Å². The first-order chi connectivity index (χ1) is 9.15. The van der Waals surface area contributed by atoms with Crippen molar-refractivity contribution in [1.82, 2.24) is 0 Å². The third-order valence-corrected chi connectivity index (χ3v) is 2.90. The van der Waals surface area contributed by atoms with E-state index in [1.54, 1.807) is 0 Å². The van der Waals surface area contributed by atoms with Crippen LogP contribution in [-0.4, -0.2) is 18.6 Å². The van der Waals surface area contributed by atoms with E-state index < -0.39 is 0 Å². The van der Waals surface area contributed by atoms with E-state index in [-0.39, 0.29) is 6.41 Å². The van der Waals surface area contributed by atoms with E-state index in [1.165, 1.54) is 31.2 Å². The predicted octanol–water partition coefficient (Wildman–Crippen LogP) is 3.83. The summed E-state index contributed by atoms with van der Waals surface area (Å²) in [7, 11) is 1.00. The van der Waals surface area contributed by atoms with Crippen LogP contribution in [-0.2, 0) is 11.2 Å². The van der Waals surface area contributed by atoms with Crippen molar-refractivity contribution in [2.45, 2.75) is 39.0 Å². The summed E-state index contributed by atoms with van der Waals surface area (Å²) < 4.78 is 0. The highest BCUT2D eigenvalue weighted by Crippen LogP contribution is 2.22. The lowest BCUT2D eigenvalue weighted by molar-refractivity contribution is -0.106. The zero-order chi connectivity index (χ0) is 15.1. The van der Waals surface area contributed by atoms with Gasteiger partial charge in [0.15, 0.2) is 0 Å². The van der Waals surface area contributed by atoms with E-state index in [1.807, 2.05) is 18.2 Å². The van der Waals surface area contributed by atoms with E-state index >= 15 is 0 Å². The van der Waals surface area contributed by atoms with Gasteiger partial charge in [0.1, 0.15) is 0 Å². The lowest BCUT2D eigenvalue weighted by Crippen LogP contribution is -1.87. The van der Waals surface area contributed by atoms with Gasteiger partial charge in [-0.2, -0.15) is 0 Å². The molecule has 1 amide bonds. The van der Waals surface area contributed by atoms with Crippen molar-refractivity contribution < 1.29 is 9.90 Å². The van der Waals surface area contributed by atoms with Gasteiger partial charge in [0.25, 0.3) is 0 Å². The smallest absolute Gasteiger partial charge is 0.204 e. The number of carbonyl (C=O) groups is 1. The number of hydrogen-bond acceptors (Lipinski definition) is 2. The molecule has 19 heavy (non-hydrogen) atoms. The van der Waals surface area contributed by atoms with Crippen LogP contribution in [0.5, 0.6) is 0 Å². The molecule has 1 aromatic rings. The summed E-state index contributed by atoms with van der Waals surface area (Å²) in [5, 5.41) is 8.52. The zero-order valence-corrected chi connectivity index (χ0v) is 13.0. The number of halogens is 2. The Hall–Kier alpha value is -0.770. The molecular formula is C14H23Cl2NO2. The number of unbranched alkanes of at least 4 members (excludes halogenated alkanes) is 3. The van der Waals surface area contributed by atoms with Gasteiger partial charge in [-0.05, 0) is 30.5 Å². The standard InChI is InChI=1S/C12H16Cl2.CH3NO.CH4O/c1-2-3-4-5-6-10-7-8-11(13)9-12(10)14;2-1-3;1-2/h7-9H,2-6H2,1H3;1H,(H2,2,3);2H,1H3. The minimum Gasteiger partial charge on any atom is -0.400 e. The largest absolute Gasteiger partial charge is 0.400 e. The first-order valence-electron chi connectivity index (χ1n) is 6.19. The van der Waals surface area contributed by atoms with Gasteiger partial charge in [-0.1, -0.05) is 55.5 Å². The number of benzene rings is 1. The Bertz CT molecular complexity index is 333. The summed E-state index contributed by atoms with van der Waals surface area (Å²) in [6.07, 6.45) is 6.40. The van der Waals surface area contributed by atoms with Crippen LogP contribution in [0.25, 0.3) is 0 Å². The van der Waals surface area contributed by atoms with Crippen LogP contribution in [0, 0.1) is 0 Å². The van der Waals surface area contributed by atoms with Gasteiger partial charge in [0.2, 0.25) is 6.41 Å². The second kappa shape index (κ2) is 15.3. The lowest BCUT2D eigenvalue weighted by Gasteiger charge is -2.04. The number of aliphatic hydroxyl groups is 1. The predicted molar refractivity (Wildman–Crippen MR) is 82.7 cm³/mol. The molecule has 0 aliphatic heterocycles. The maximum absolute atomic E-state index is 8.58. The third kappa shape index (κ3) is 12.0. The van der Waals surface area contributed by atoms with Crippen LogP contribution in [0.3, 0.4) is 0 Å². The van der Waals surface area contributed by atoms with Crippen LogP contribution < -0.4 is 5.73 Å². The molecule has 0 heterocycles. The molecular weight excluding hydrogens is 285 g/mol. The summed E-state index contributed by atoms with van der Waals surface area (Å²) in [6.45, 7) is 2.22. The fourth-order valence-corrected chi connectivity index (χ4v) is 1.97. The number of rotatable bonds is 5.